The Balaban J connectivity index is 2.61. The first kappa shape index (κ1) is 14.0. The lowest BCUT2D eigenvalue weighted by Crippen LogP contribution is -2.20. The van der Waals surface area contributed by atoms with Crippen LogP contribution in [-0.2, 0) is 10.2 Å². The van der Waals surface area contributed by atoms with Crippen molar-refractivity contribution in [2.24, 2.45) is 0 Å². The zero-order valence-electron chi connectivity index (χ0n) is 10.9. The van der Waals surface area contributed by atoms with E-state index in [1.54, 1.807) is 7.05 Å². The maximum absolute atomic E-state index is 11.1. The molecule has 1 amide bonds. The molecule has 0 bridgehead atoms. The second-order valence-corrected chi connectivity index (χ2v) is 6.16. The highest BCUT2D eigenvalue weighted by atomic mass is 32.2. The van der Waals surface area contributed by atoms with Gasteiger partial charge in [0.1, 0.15) is 0 Å². The van der Waals surface area contributed by atoms with Crippen LogP contribution in [-0.4, -0.2) is 28.8 Å². The van der Waals surface area contributed by atoms with Crippen molar-refractivity contribution in [3.05, 3.63) is 11.7 Å². The van der Waals surface area contributed by atoms with Gasteiger partial charge in [-0.05, 0) is 6.92 Å². The topological polar surface area (TPSA) is 68.0 Å². The summed E-state index contributed by atoms with van der Waals surface area (Å²) in [7, 11) is 1.62. The molecule has 1 rings (SSSR count). The van der Waals surface area contributed by atoms with E-state index in [-0.39, 0.29) is 16.6 Å². The SMILES string of the molecule is CNC(=O)CS[C@H](C)c1nc(C(C)(C)C)no1. The van der Waals surface area contributed by atoms with Crippen LogP contribution < -0.4 is 5.32 Å². The number of amides is 1. The van der Waals surface area contributed by atoms with Gasteiger partial charge in [-0.2, -0.15) is 4.98 Å². The summed E-state index contributed by atoms with van der Waals surface area (Å²) < 4.78 is 5.21. The molecule has 0 spiro atoms. The van der Waals surface area contributed by atoms with Crippen LogP contribution in [0.25, 0.3) is 0 Å². The van der Waals surface area contributed by atoms with E-state index in [4.69, 9.17) is 4.52 Å². The number of hydrogen-bond acceptors (Lipinski definition) is 5. The first-order valence-corrected chi connectivity index (χ1v) is 6.55. The number of rotatable bonds is 4. The zero-order valence-corrected chi connectivity index (χ0v) is 11.7. The van der Waals surface area contributed by atoms with E-state index in [1.165, 1.54) is 11.8 Å². The van der Waals surface area contributed by atoms with Crippen LogP contribution in [0.3, 0.4) is 0 Å². The van der Waals surface area contributed by atoms with Gasteiger partial charge in [-0.3, -0.25) is 4.79 Å². The molecule has 1 aromatic heterocycles. The molecular formula is C11H19N3O2S. The average Bonchev–Trinajstić information content (AvgIpc) is 2.74. The van der Waals surface area contributed by atoms with Crippen LogP contribution in [0.2, 0.25) is 0 Å². The molecule has 1 heterocycles. The van der Waals surface area contributed by atoms with E-state index in [2.05, 4.69) is 15.5 Å². The molecule has 96 valence electrons. The molecule has 5 nitrogen and oxygen atoms in total. The highest BCUT2D eigenvalue weighted by Crippen LogP contribution is 2.28. The third kappa shape index (κ3) is 4.03. The minimum atomic E-state index is -0.118. The van der Waals surface area contributed by atoms with Crippen molar-refractivity contribution in [2.75, 3.05) is 12.8 Å². The van der Waals surface area contributed by atoms with E-state index in [0.717, 1.165) is 0 Å². The predicted molar refractivity (Wildman–Crippen MR) is 67.9 cm³/mol. The molecule has 0 aliphatic heterocycles. The molecule has 0 unspecified atom stereocenters. The lowest BCUT2D eigenvalue weighted by Gasteiger charge is -2.11. The van der Waals surface area contributed by atoms with Crippen LogP contribution in [0.15, 0.2) is 4.52 Å². The van der Waals surface area contributed by atoms with Gasteiger partial charge >= 0.3 is 0 Å². The molecular weight excluding hydrogens is 238 g/mol. The average molecular weight is 257 g/mol. The number of carbonyl (C=O) groups is 1. The Bertz CT molecular complexity index is 384. The van der Waals surface area contributed by atoms with Crippen LogP contribution >= 0.6 is 11.8 Å². The minimum Gasteiger partial charge on any atom is -0.358 e. The summed E-state index contributed by atoms with van der Waals surface area (Å²) in [5, 5.41) is 6.55. The normalized spacial score (nSPS) is 13.5. The van der Waals surface area contributed by atoms with Crippen LogP contribution in [0, 0.1) is 0 Å². The fourth-order valence-electron chi connectivity index (χ4n) is 1.05. The van der Waals surface area contributed by atoms with E-state index in [1.807, 2.05) is 27.7 Å². The van der Waals surface area contributed by atoms with Crippen molar-refractivity contribution in [2.45, 2.75) is 38.4 Å². The van der Waals surface area contributed by atoms with Crippen molar-refractivity contribution in [3.8, 4) is 0 Å². The highest BCUT2D eigenvalue weighted by Gasteiger charge is 2.23. The molecule has 0 aliphatic rings. The quantitative estimate of drug-likeness (QED) is 0.892. The Morgan fingerprint density at radius 2 is 2.18 bits per heavy atom. The fourth-order valence-corrected chi connectivity index (χ4v) is 1.83. The summed E-state index contributed by atoms with van der Waals surface area (Å²) in [6.07, 6.45) is 0. The molecule has 0 saturated heterocycles. The Morgan fingerprint density at radius 3 is 2.65 bits per heavy atom. The maximum atomic E-state index is 11.1. The van der Waals surface area contributed by atoms with Crippen molar-refractivity contribution in [3.63, 3.8) is 0 Å². The molecule has 0 aliphatic carbocycles. The van der Waals surface area contributed by atoms with Crippen LogP contribution in [0.5, 0.6) is 0 Å². The number of carbonyl (C=O) groups excluding carboxylic acids is 1. The highest BCUT2D eigenvalue weighted by molar-refractivity contribution is 8.00. The number of nitrogens with one attached hydrogen (secondary N) is 1. The van der Waals surface area contributed by atoms with Gasteiger partial charge < -0.3 is 9.84 Å². The minimum absolute atomic E-state index is 0.00240. The third-order valence-corrected chi connectivity index (χ3v) is 3.33. The fraction of sp³-hybridized carbons (Fsp3) is 0.727. The van der Waals surface area contributed by atoms with E-state index >= 15 is 0 Å². The first-order valence-electron chi connectivity index (χ1n) is 5.51. The smallest absolute Gasteiger partial charge is 0.239 e. The molecule has 0 radical (unpaired) electrons. The number of nitrogens with zero attached hydrogens (tertiary/aromatic N) is 2. The Kier molecular flexibility index (Phi) is 4.56. The number of hydrogen-bond donors (Lipinski definition) is 1. The summed E-state index contributed by atoms with van der Waals surface area (Å²) in [6.45, 7) is 8.05. The van der Waals surface area contributed by atoms with Gasteiger partial charge in [-0.15, -0.1) is 11.8 Å². The van der Waals surface area contributed by atoms with Gasteiger partial charge in [0.2, 0.25) is 11.8 Å². The number of aromatic nitrogens is 2. The zero-order chi connectivity index (χ0) is 13.1. The second kappa shape index (κ2) is 5.53. The van der Waals surface area contributed by atoms with Crippen molar-refractivity contribution >= 4 is 17.7 Å². The lowest BCUT2D eigenvalue weighted by molar-refractivity contribution is -0.118. The molecule has 17 heavy (non-hydrogen) atoms. The van der Waals surface area contributed by atoms with E-state index in [9.17, 15) is 4.79 Å². The standard InChI is InChI=1S/C11H19N3O2S/c1-7(17-6-8(15)12-5)9-13-10(14-16-9)11(2,3)4/h7H,6H2,1-5H3,(H,12,15)/t7-/m1/s1. The van der Waals surface area contributed by atoms with Crippen LogP contribution in [0.1, 0.15) is 44.7 Å². The lowest BCUT2D eigenvalue weighted by atomic mass is 9.96. The summed E-state index contributed by atoms with van der Waals surface area (Å²) in [5.41, 5.74) is -0.118. The van der Waals surface area contributed by atoms with Crippen molar-refractivity contribution in [1.29, 1.82) is 0 Å². The molecule has 0 aromatic carbocycles. The van der Waals surface area contributed by atoms with Gasteiger partial charge in [-0.1, -0.05) is 25.9 Å². The molecule has 1 atom stereocenters. The summed E-state index contributed by atoms with van der Waals surface area (Å²) in [5.74, 6) is 1.66. The molecule has 1 N–H and O–H groups in total. The molecule has 0 saturated carbocycles. The van der Waals surface area contributed by atoms with Gasteiger partial charge in [0.15, 0.2) is 5.82 Å². The Morgan fingerprint density at radius 1 is 1.53 bits per heavy atom. The van der Waals surface area contributed by atoms with E-state index in [0.29, 0.717) is 17.5 Å². The first-order chi connectivity index (χ1) is 7.84. The van der Waals surface area contributed by atoms with Crippen molar-refractivity contribution < 1.29 is 9.32 Å². The van der Waals surface area contributed by atoms with E-state index < -0.39 is 0 Å². The largest absolute Gasteiger partial charge is 0.358 e. The monoisotopic (exact) mass is 257 g/mol. The predicted octanol–water partition coefficient (Wildman–Crippen LogP) is 1.91. The second-order valence-electron chi connectivity index (χ2n) is 4.83. The maximum Gasteiger partial charge on any atom is 0.239 e. The summed E-state index contributed by atoms with van der Waals surface area (Å²) in [4.78, 5) is 15.5. The summed E-state index contributed by atoms with van der Waals surface area (Å²) >= 11 is 1.48. The Labute approximate surface area is 106 Å². The van der Waals surface area contributed by atoms with Gasteiger partial charge in [0.25, 0.3) is 0 Å². The molecule has 1 aromatic rings. The van der Waals surface area contributed by atoms with Gasteiger partial charge in [0.05, 0.1) is 11.0 Å². The van der Waals surface area contributed by atoms with Gasteiger partial charge in [0, 0.05) is 12.5 Å². The molecule has 0 fully saturated rings. The Hall–Kier alpha value is -1.04. The van der Waals surface area contributed by atoms with Crippen LogP contribution in [0.4, 0.5) is 0 Å². The summed E-state index contributed by atoms with van der Waals surface area (Å²) in [6, 6.07) is 0. The third-order valence-electron chi connectivity index (χ3n) is 2.20. The van der Waals surface area contributed by atoms with Gasteiger partial charge in [-0.25, -0.2) is 0 Å². The van der Waals surface area contributed by atoms with Crippen molar-refractivity contribution in [1.82, 2.24) is 15.5 Å². The molecule has 6 heteroatoms. The number of thioether (sulfide) groups is 1.